The highest BCUT2D eigenvalue weighted by atomic mass is 16.4. The first-order valence-corrected chi connectivity index (χ1v) is 4.57. The van der Waals surface area contributed by atoms with Gasteiger partial charge in [-0.15, -0.1) is 0 Å². The van der Waals surface area contributed by atoms with Crippen molar-refractivity contribution in [2.45, 2.75) is 37.8 Å². The number of amides is 2. The van der Waals surface area contributed by atoms with Crippen LogP contribution < -0.4 is 10.6 Å². The molecule has 0 atom stereocenters. The number of carbonyl (C=O) groups is 2. The highest BCUT2D eigenvalue weighted by molar-refractivity contribution is 5.65. The van der Waals surface area contributed by atoms with Crippen molar-refractivity contribution in [1.29, 1.82) is 0 Å². The summed E-state index contributed by atoms with van der Waals surface area (Å²) in [6, 6.07) is -0.0568. The fourth-order valence-electron chi connectivity index (χ4n) is 1.73. The van der Waals surface area contributed by atoms with Crippen molar-refractivity contribution >= 4 is 12.2 Å². The molecule has 0 bridgehead atoms. The minimum atomic E-state index is -1.01. The summed E-state index contributed by atoms with van der Waals surface area (Å²) in [4.78, 5) is 20.6. The lowest BCUT2D eigenvalue weighted by Gasteiger charge is -2.27. The topological polar surface area (TPSA) is 98.7 Å². The summed E-state index contributed by atoms with van der Waals surface area (Å²) >= 11 is 0. The summed E-state index contributed by atoms with van der Waals surface area (Å²) < 4.78 is 0. The summed E-state index contributed by atoms with van der Waals surface area (Å²) in [6.45, 7) is 0. The monoisotopic (exact) mass is 202 g/mol. The van der Waals surface area contributed by atoms with E-state index in [1.807, 2.05) is 0 Å². The summed E-state index contributed by atoms with van der Waals surface area (Å²) in [7, 11) is 0. The summed E-state index contributed by atoms with van der Waals surface area (Å²) in [5.74, 6) is 0. The van der Waals surface area contributed by atoms with Crippen LogP contribution in [0.4, 0.5) is 9.59 Å². The van der Waals surface area contributed by atoms with Crippen LogP contribution in [0.25, 0.3) is 0 Å². The van der Waals surface area contributed by atoms with E-state index >= 15 is 0 Å². The number of hydrogen-bond donors (Lipinski definition) is 4. The van der Waals surface area contributed by atoms with Gasteiger partial charge in [0.05, 0.1) is 0 Å². The van der Waals surface area contributed by atoms with Crippen LogP contribution in [-0.4, -0.2) is 34.5 Å². The van der Waals surface area contributed by atoms with Crippen LogP contribution in [0, 0.1) is 0 Å². The average molecular weight is 202 g/mol. The molecule has 4 N–H and O–H groups in total. The van der Waals surface area contributed by atoms with Gasteiger partial charge < -0.3 is 20.8 Å². The highest BCUT2D eigenvalue weighted by Crippen LogP contribution is 2.18. The third kappa shape index (κ3) is 3.51. The molecule has 0 aromatic rings. The molecule has 0 aromatic carbocycles. The van der Waals surface area contributed by atoms with Crippen LogP contribution in [0.5, 0.6) is 0 Å². The van der Waals surface area contributed by atoms with Crippen LogP contribution >= 0.6 is 0 Å². The van der Waals surface area contributed by atoms with Gasteiger partial charge in [-0.2, -0.15) is 0 Å². The Labute approximate surface area is 81.3 Å². The zero-order valence-electron chi connectivity index (χ0n) is 7.69. The van der Waals surface area contributed by atoms with Crippen LogP contribution in [0.3, 0.4) is 0 Å². The van der Waals surface area contributed by atoms with Gasteiger partial charge >= 0.3 is 12.2 Å². The van der Waals surface area contributed by atoms with Crippen molar-refractivity contribution in [3.05, 3.63) is 0 Å². The van der Waals surface area contributed by atoms with Crippen molar-refractivity contribution in [3.63, 3.8) is 0 Å². The quantitative estimate of drug-likeness (QED) is 0.533. The molecular weight excluding hydrogens is 188 g/mol. The number of rotatable bonds is 2. The first-order valence-electron chi connectivity index (χ1n) is 4.57. The van der Waals surface area contributed by atoms with Gasteiger partial charge in [0.15, 0.2) is 0 Å². The Kier molecular flexibility index (Phi) is 3.55. The normalized spacial score (nSPS) is 26.6. The van der Waals surface area contributed by atoms with E-state index < -0.39 is 12.2 Å². The molecular formula is C8H14N2O4. The molecule has 0 aliphatic heterocycles. The van der Waals surface area contributed by atoms with Crippen molar-refractivity contribution < 1.29 is 19.8 Å². The van der Waals surface area contributed by atoms with Gasteiger partial charge in [0.25, 0.3) is 0 Å². The number of carboxylic acid groups (broad SMARTS) is 2. The van der Waals surface area contributed by atoms with Gasteiger partial charge in [-0.25, -0.2) is 9.59 Å². The largest absolute Gasteiger partial charge is 0.465 e. The standard InChI is InChI=1S/C8H14N2O4/c11-7(12)9-5-1-2-6(4-3-5)10-8(13)14/h5-6,9-10H,1-4H2,(H,11,12)(H,13,14). The third-order valence-corrected chi connectivity index (χ3v) is 2.38. The van der Waals surface area contributed by atoms with E-state index in [1.54, 1.807) is 0 Å². The fourth-order valence-corrected chi connectivity index (χ4v) is 1.73. The minimum absolute atomic E-state index is 0.0284. The second kappa shape index (κ2) is 4.69. The number of nitrogens with one attached hydrogen (secondary N) is 2. The van der Waals surface area contributed by atoms with Crippen molar-refractivity contribution in [1.82, 2.24) is 10.6 Å². The van der Waals surface area contributed by atoms with Gasteiger partial charge in [0, 0.05) is 12.1 Å². The molecule has 1 fully saturated rings. The average Bonchev–Trinajstić information content (AvgIpc) is 2.06. The smallest absolute Gasteiger partial charge is 0.404 e. The van der Waals surface area contributed by atoms with Crippen molar-refractivity contribution in [3.8, 4) is 0 Å². The molecule has 0 saturated heterocycles. The van der Waals surface area contributed by atoms with Gasteiger partial charge in [-0.3, -0.25) is 0 Å². The van der Waals surface area contributed by atoms with E-state index in [0.29, 0.717) is 25.7 Å². The Morgan fingerprint density at radius 1 is 0.857 bits per heavy atom. The molecule has 1 aliphatic rings. The van der Waals surface area contributed by atoms with Crippen LogP contribution in [0.1, 0.15) is 25.7 Å². The van der Waals surface area contributed by atoms with E-state index in [-0.39, 0.29) is 12.1 Å². The molecule has 6 heteroatoms. The lowest BCUT2D eigenvalue weighted by molar-refractivity contribution is 0.175. The molecule has 0 spiro atoms. The Hall–Kier alpha value is -1.46. The zero-order chi connectivity index (χ0) is 10.6. The van der Waals surface area contributed by atoms with Crippen molar-refractivity contribution in [2.75, 3.05) is 0 Å². The van der Waals surface area contributed by atoms with Crippen LogP contribution in [0.15, 0.2) is 0 Å². The molecule has 0 heterocycles. The highest BCUT2D eigenvalue weighted by Gasteiger charge is 2.22. The maximum Gasteiger partial charge on any atom is 0.404 e. The zero-order valence-corrected chi connectivity index (χ0v) is 7.69. The summed E-state index contributed by atoms with van der Waals surface area (Å²) in [6.07, 6.45) is 0.738. The van der Waals surface area contributed by atoms with E-state index in [2.05, 4.69) is 10.6 Å². The molecule has 6 nitrogen and oxygen atoms in total. The van der Waals surface area contributed by atoms with E-state index in [4.69, 9.17) is 10.2 Å². The van der Waals surface area contributed by atoms with E-state index in [1.165, 1.54) is 0 Å². The maximum atomic E-state index is 10.3. The van der Waals surface area contributed by atoms with Gasteiger partial charge in [0.2, 0.25) is 0 Å². The minimum Gasteiger partial charge on any atom is -0.465 e. The Morgan fingerprint density at radius 2 is 1.14 bits per heavy atom. The molecule has 14 heavy (non-hydrogen) atoms. The lowest BCUT2D eigenvalue weighted by Crippen LogP contribution is -2.43. The van der Waals surface area contributed by atoms with Crippen LogP contribution in [-0.2, 0) is 0 Å². The predicted molar refractivity (Wildman–Crippen MR) is 48.4 cm³/mol. The molecule has 2 amide bonds. The molecule has 0 radical (unpaired) electrons. The Morgan fingerprint density at radius 3 is 1.36 bits per heavy atom. The van der Waals surface area contributed by atoms with Gasteiger partial charge in [-0.05, 0) is 25.7 Å². The predicted octanol–water partition coefficient (Wildman–Crippen LogP) is 0.833. The summed E-state index contributed by atoms with van der Waals surface area (Å²) in [5.41, 5.74) is 0. The molecule has 1 saturated carbocycles. The molecule has 1 aliphatic carbocycles. The van der Waals surface area contributed by atoms with E-state index in [9.17, 15) is 9.59 Å². The molecule has 0 unspecified atom stereocenters. The van der Waals surface area contributed by atoms with Gasteiger partial charge in [0.1, 0.15) is 0 Å². The molecule has 0 aromatic heterocycles. The third-order valence-electron chi connectivity index (χ3n) is 2.38. The van der Waals surface area contributed by atoms with Crippen LogP contribution in [0.2, 0.25) is 0 Å². The second-order valence-corrected chi connectivity index (χ2v) is 3.45. The fraction of sp³-hybridized carbons (Fsp3) is 0.750. The first kappa shape index (κ1) is 10.6. The molecule has 80 valence electrons. The Balaban J connectivity index is 2.24. The first-order chi connectivity index (χ1) is 6.58. The summed E-state index contributed by atoms with van der Waals surface area (Å²) in [5, 5.41) is 21.7. The molecule has 1 rings (SSSR count). The maximum absolute atomic E-state index is 10.3. The second-order valence-electron chi connectivity index (χ2n) is 3.45. The number of hydrogen-bond acceptors (Lipinski definition) is 2. The van der Waals surface area contributed by atoms with Crippen molar-refractivity contribution in [2.24, 2.45) is 0 Å². The lowest BCUT2D eigenvalue weighted by atomic mass is 9.91. The Bertz CT molecular complexity index is 199. The SMILES string of the molecule is O=C(O)NC1CCC(NC(=O)O)CC1. The van der Waals surface area contributed by atoms with Gasteiger partial charge in [-0.1, -0.05) is 0 Å². The van der Waals surface area contributed by atoms with E-state index in [0.717, 1.165) is 0 Å².